The third-order valence-corrected chi connectivity index (χ3v) is 3.17. The molecule has 1 saturated heterocycles. The molecule has 1 aromatic carbocycles. The molecule has 0 aromatic heterocycles. The van der Waals surface area contributed by atoms with Gasteiger partial charge in [0.2, 0.25) is 0 Å². The zero-order valence-electron chi connectivity index (χ0n) is 11.0. The quantitative estimate of drug-likeness (QED) is 0.866. The minimum absolute atomic E-state index is 0.0912. The molecule has 2 rings (SSSR count). The topological polar surface area (TPSA) is 41.6 Å². The Morgan fingerprint density at radius 2 is 2.11 bits per heavy atom. The van der Waals surface area contributed by atoms with Gasteiger partial charge in [-0.25, -0.2) is 0 Å². The lowest BCUT2D eigenvalue weighted by molar-refractivity contribution is 0.0211. The maximum atomic E-state index is 12.2. The van der Waals surface area contributed by atoms with Crippen LogP contribution in [-0.4, -0.2) is 43.2 Å². The number of carbonyl (C=O) groups excluding carboxylic acids is 1. The SMILES string of the molecule is CCN(CC)C(=O)c1cccc(NC2COC2)c1. The van der Waals surface area contributed by atoms with E-state index in [0.717, 1.165) is 37.6 Å². The minimum atomic E-state index is 0.0912. The number of carbonyl (C=O) groups is 1. The van der Waals surface area contributed by atoms with Crippen LogP contribution in [0.5, 0.6) is 0 Å². The Kier molecular flexibility index (Phi) is 4.20. The minimum Gasteiger partial charge on any atom is -0.378 e. The van der Waals surface area contributed by atoms with E-state index in [4.69, 9.17) is 4.74 Å². The van der Waals surface area contributed by atoms with Crippen LogP contribution in [0.1, 0.15) is 24.2 Å². The van der Waals surface area contributed by atoms with Gasteiger partial charge < -0.3 is 15.0 Å². The molecule has 1 aliphatic rings. The molecule has 0 unspecified atom stereocenters. The number of anilines is 1. The van der Waals surface area contributed by atoms with Gasteiger partial charge >= 0.3 is 0 Å². The monoisotopic (exact) mass is 248 g/mol. The third kappa shape index (κ3) is 2.82. The van der Waals surface area contributed by atoms with Gasteiger partial charge in [0.05, 0.1) is 19.3 Å². The van der Waals surface area contributed by atoms with Crippen molar-refractivity contribution < 1.29 is 9.53 Å². The molecule has 1 aromatic rings. The Labute approximate surface area is 108 Å². The Balaban J connectivity index is 2.07. The highest BCUT2D eigenvalue weighted by molar-refractivity contribution is 5.95. The lowest BCUT2D eigenvalue weighted by Gasteiger charge is -2.28. The zero-order valence-corrected chi connectivity index (χ0v) is 11.0. The molecule has 18 heavy (non-hydrogen) atoms. The van der Waals surface area contributed by atoms with Crippen LogP contribution in [0.2, 0.25) is 0 Å². The maximum absolute atomic E-state index is 12.2. The summed E-state index contributed by atoms with van der Waals surface area (Å²) in [6.07, 6.45) is 0. The standard InChI is InChI=1S/C14H20N2O2/c1-3-16(4-2)14(17)11-6-5-7-12(8-11)15-13-9-18-10-13/h5-8,13,15H,3-4,9-10H2,1-2H3. The first-order chi connectivity index (χ1) is 8.74. The van der Waals surface area contributed by atoms with E-state index in [1.807, 2.05) is 43.0 Å². The van der Waals surface area contributed by atoms with Gasteiger partial charge in [0.1, 0.15) is 0 Å². The van der Waals surface area contributed by atoms with Gasteiger partial charge in [-0.1, -0.05) is 6.07 Å². The normalized spacial score (nSPS) is 15.0. The summed E-state index contributed by atoms with van der Waals surface area (Å²) in [5.74, 6) is 0.0912. The second kappa shape index (κ2) is 5.87. The molecule has 98 valence electrons. The number of nitrogens with one attached hydrogen (secondary N) is 1. The predicted molar refractivity (Wildman–Crippen MR) is 71.9 cm³/mol. The highest BCUT2D eigenvalue weighted by Gasteiger charge is 2.18. The van der Waals surface area contributed by atoms with E-state index in [2.05, 4.69) is 5.32 Å². The van der Waals surface area contributed by atoms with Crippen LogP contribution in [0.4, 0.5) is 5.69 Å². The Bertz CT molecular complexity index is 412. The molecular formula is C14H20N2O2. The molecule has 0 atom stereocenters. The maximum Gasteiger partial charge on any atom is 0.253 e. The summed E-state index contributed by atoms with van der Waals surface area (Å²) in [7, 11) is 0. The van der Waals surface area contributed by atoms with Crippen LogP contribution in [0, 0.1) is 0 Å². The molecule has 0 bridgehead atoms. The highest BCUT2D eigenvalue weighted by atomic mass is 16.5. The van der Waals surface area contributed by atoms with E-state index in [1.165, 1.54) is 0 Å². The van der Waals surface area contributed by atoms with Crippen molar-refractivity contribution >= 4 is 11.6 Å². The molecule has 1 fully saturated rings. The number of nitrogens with zero attached hydrogens (tertiary/aromatic N) is 1. The van der Waals surface area contributed by atoms with Crippen molar-refractivity contribution in [3.8, 4) is 0 Å². The van der Waals surface area contributed by atoms with Crippen molar-refractivity contribution in [1.82, 2.24) is 4.90 Å². The van der Waals surface area contributed by atoms with E-state index < -0.39 is 0 Å². The summed E-state index contributed by atoms with van der Waals surface area (Å²) in [6, 6.07) is 8.06. The Hall–Kier alpha value is -1.55. The van der Waals surface area contributed by atoms with Crippen molar-refractivity contribution in [2.45, 2.75) is 19.9 Å². The summed E-state index contributed by atoms with van der Waals surface area (Å²) in [5, 5.41) is 3.35. The van der Waals surface area contributed by atoms with Gasteiger partial charge in [0.25, 0.3) is 5.91 Å². The second-order valence-corrected chi connectivity index (χ2v) is 4.44. The van der Waals surface area contributed by atoms with Gasteiger partial charge in [-0.3, -0.25) is 4.79 Å². The van der Waals surface area contributed by atoms with Crippen LogP contribution in [-0.2, 0) is 4.74 Å². The fourth-order valence-corrected chi connectivity index (χ4v) is 1.99. The average molecular weight is 248 g/mol. The highest BCUT2D eigenvalue weighted by Crippen LogP contribution is 2.16. The first-order valence-electron chi connectivity index (χ1n) is 6.48. The molecule has 0 saturated carbocycles. The molecule has 1 N–H and O–H groups in total. The summed E-state index contributed by atoms with van der Waals surface area (Å²) < 4.78 is 5.12. The molecule has 1 amide bonds. The van der Waals surface area contributed by atoms with Gasteiger partial charge in [0.15, 0.2) is 0 Å². The van der Waals surface area contributed by atoms with E-state index in [-0.39, 0.29) is 5.91 Å². The second-order valence-electron chi connectivity index (χ2n) is 4.44. The Morgan fingerprint density at radius 3 is 2.67 bits per heavy atom. The summed E-state index contributed by atoms with van der Waals surface area (Å²) in [5.41, 5.74) is 1.73. The van der Waals surface area contributed by atoms with Gasteiger partial charge in [-0.05, 0) is 32.0 Å². The van der Waals surface area contributed by atoms with Crippen molar-refractivity contribution in [3.63, 3.8) is 0 Å². The zero-order chi connectivity index (χ0) is 13.0. The molecule has 4 heteroatoms. The van der Waals surface area contributed by atoms with E-state index >= 15 is 0 Å². The number of amides is 1. The van der Waals surface area contributed by atoms with Crippen LogP contribution in [0.25, 0.3) is 0 Å². The summed E-state index contributed by atoms with van der Waals surface area (Å²) in [6.45, 7) is 6.96. The van der Waals surface area contributed by atoms with Crippen LogP contribution < -0.4 is 5.32 Å². The predicted octanol–water partition coefficient (Wildman–Crippen LogP) is 1.98. The first-order valence-corrected chi connectivity index (χ1v) is 6.48. The molecule has 0 aliphatic carbocycles. The number of hydrogen-bond acceptors (Lipinski definition) is 3. The molecule has 4 nitrogen and oxygen atoms in total. The Morgan fingerprint density at radius 1 is 1.39 bits per heavy atom. The number of rotatable bonds is 5. The molecular weight excluding hydrogens is 228 g/mol. The lowest BCUT2D eigenvalue weighted by atomic mass is 10.1. The molecule has 0 radical (unpaired) electrons. The van der Waals surface area contributed by atoms with Crippen LogP contribution >= 0.6 is 0 Å². The molecule has 1 heterocycles. The van der Waals surface area contributed by atoms with Crippen molar-refractivity contribution in [3.05, 3.63) is 29.8 Å². The average Bonchev–Trinajstić information content (AvgIpc) is 2.35. The van der Waals surface area contributed by atoms with E-state index in [1.54, 1.807) is 0 Å². The van der Waals surface area contributed by atoms with E-state index in [9.17, 15) is 4.79 Å². The van der Waals surface area contributed by atoms with Crippen molar-refractivity contribution in [1.29, 1.82) is 0 Å². The van der Waals surface area contributed by atoms with Crippen molar-refractivity contribution in [2.75, 3.05) is 31.6 Å². The fourth-order valence-electron chi connectivity index (χ4n) is 1.99. The fraction of sp³-hybridized carbons (Fsp3) is 0.500. The first kappa shape index (κ1) is 12.9. The van der Waals surface area contributed by atoms with Crippen molar-refractivity contribution in [2.24, 2.45) is 0 Å². The smallest absolute Gasteiger partial charge is 0.253 e. The number of hydrogen-bond donors (Lipinski definition) is 1. The molecule has 0 spiro atoms. The summed E-state index contributed by atoms with van der Waals surface area (Å²) in [4.78, 5) is 14.0. The van der Waals surface area contributed by atoms with E-state index in [0.29, 0.717) is 6.04 Å². The molecule has 1 aliphatic heterocycles. The van der Waals surface area contributed by atoms with Crippen LogP contribution in [0.3, 0.4) is 0 Å². The largest absolute Gasteiger partial charge is 0.378 e. The van der Waals surface area contributed by atoms with Gasteiger partial charge in [0, 0.05) is 24.3 Å². The van der Waals surface area contributed by atoms with Gasteiger partial charge in [-0.15, -0.1) is 0 Å². The van der Waals surface area contributed by atoms with Gasteiger partial charge in [-0.2, -0.15) is 0 Å². The number of ether oxygens (including phenoxy) is 1. The number of benzene rings is 1. The third-order valence-electron chi connectivity index (χ3n) is 3.17. The van der Waals surface area contributed by atoms with Crippen LogP contribution in [0.15, 0.2) is 24.3 Å². The lowest BCUT2D eigenvalue weighted by Crippen LogP contribution is -2.40. The summed E-state index contributed by atoms with van der Waals surface area (Å²) >= 11 is 0.